The molecule has 0 bridgehead atoms. The van der Waals surface area contributed by atoms with Crippen molar-refractivity contribution in [3.63, 3.8) is 0 Å². The van der Waals surface area contributed by atoms with Crippen LogP contribution in [0.1, 0.15) is 32.7 Å². The van der Waals surface area contributed by atoms with Gasteiger partial charge in [0.1, 0.15) is 5.56 Å². The molecule has 2 amide bonds. The van der Waals surface area contributed by atoms with Gasteiger partial charge in [0.15, 0.2) is 11.6 Å². The average molecular weight is 452 g/mol. The minimum absolute atomic E-state index is 0.00454. The van der Waals surface area contributed by atoms with Crippen LogP contribution in [0, 0.1) is 18.6 Å². The number of benzene rings is 2. The molecular formula is C24H22F2N4O3. The highest BCUT2D eigenvalue weighted by molar-refractivity contribution is 5.99. The predicted octanol–water partition coefficient (Wildman–Crippen LogP) is 2.76. The fourth-order valence-electron chi connectivity index (χ4n) is 3.78. The highest BCUT2D eigenvalue weighted by Gasteiger charge is 2.21. The summed E-state index contributed by atoms with van der Waals surface area (Å²) in [6, 6.07) is 9.04. The van der Waals surface area contributed by atoms with Crippen molar-refractivity contribution in [3.05, 3.63) is 92.4 Å². The van der Waals surface area contributed by atoms with Crippen molar-refractivity contribution >= 4 is 23.6 Å². The lowest BCUT2D eigenvalue weighted by Gasteiger charge is -2.08. The van der Waals surface area contributed by atoms with E-state index < -0.39 is 23.1 Å². The molecule has 0 unspecified atom stereocenters. The normalized spacial score (nSPS) is 12.8. The van der Waals surface area contributed by atoms with Gasteiger partial charge < -0.3 is 10.6 Å². The number of carbonyl (C=O) groups is 2. The molecule has 7 nitrogen and oxygen atoms in total. The average Bonchev–Trinajstić information content (AvgIpc) is 3.24. The second-order valence-corrected chi connectivity index (χ2v) is 7.85. The highest BCUT2D eigenvalue weighted by atomic mass is 19.2. The zero-order valence-corrected chi connectivity index (χ0v) is 18.1. The molecule has 170 valence electrons. The largest absolute Gasteiger partial charge is 0.348 e. The number of rotatable bonds is 6. The summed E-state index contributed by atoms with van der Waals surface area (Å²) in [7, 11) is 1.62. The first-order valence-electron chi connectivity index (χ1n) is 10.3. The third kappa shape index (κ3) is 4.48. The number of hydrogen-bond donors (Lipinski definition) is 2. The Hall–Kier alpha value is -4.01. The van der Waals surface area contributed by atoms with Crippen LogP contribution in [0.5, 0.6) is 0 Å². The molecule has 0 atom stereocenters. The predicted molar refractivity (Wildman–Crippen MR) is 120 cm³/mol. The van der Waals surface area contributed by atoms with Crippen molar-refractivity contribution < 1.29 is 18.4 Å². The molecular weight excluding hydrogens is 430 g/mol. The highest BCUT2D eigenvalue weighted by Crippen LogP contribution is 2.24. The molecule has 0 spiro atoms. The van der Waals surface area contributed by atoms with Gasteiger partial charge in [-0.05, 0) is 41.8 Å². The van der Waals surface area contributed by atoms with Crippen molar-refractivity contribution in [2.45, 2.75) is 19.9 Å². The maximum atomic E-state index is 13.5. The van der Waals surface area contributed by atoms with Crippen LogP contribution in [0.4, 0.5) is 14.5 Å². The second-order valence-electron chi connectivity index (χ2n) is 7.85. The lowest BCUT2D eigenvalue weighted by molar-refractivity contribution is -0.115. The van der Waals surface area contributed by atoms with E-state index in [1.54, 1.807) is 20.0 Å². The molecule has 0 fully saturated rings. The summed E-state index contributed by atoms with van der Waals surface area (Å²) in [5.74, 6) is -2.52. The van der Waals surface area contributed by atoms with Gasteiger partial charge in [0.2, 0.25) is 5.91 Å². The molecule has 1 aliphatic rings. The SMILES string of the molecule is Cc1c(C(=O)NC/C=C/c2ccc3c(c2)NC(=O)C3)c(=O)n(Cc2ccc(F)c(F)c2)n1C. The molecule has 0 saturated carbocycles. The van der Waals surface area contributed by atoms with E-state index in [9.17, 15) is 23.2 Å². The van der Waals surface area contributed by atoms with E-state index in [0.717, 1.165) is 28.9 Å². The summed E-state index contributed by atoms with van der Waals surface area (Å²) in [6.07, 6.45) is 3.93. The number of halogens is 2. The zero-order chi connectivity index (χ0) is 23.7. The summed E-state index contributed by atoms with van der Waals surface area (Å²) < 4.78 is 29.5. The molecule has 1 aromatic heterocycles. The monoisotopic (exact) mass is 452 g/mol. The Kier molecular flexibility index (Phi) is 5.95. The second kappa shape index (κ2) is 8.85. The number of hydrogen-bond acceptors (Lipinski definition) is 3. The van der Waals surface area contributed by atoms with Gasteiger partial charge >= 0.3 is 0 Å². The number of fused-ring (bicyclic) bond motifs is 1. The number of carbonyl (C=O) groups excluding carboxylic acids is 2. The van der Waals surface area contributed by atoms with Crippen molar-refractivity contribution in [1.82, 2.24) is 14.7 Å². The van der Waals surface area contributed by atoms with Gasteiger partial charge in [0.25, 0.3) is 11.5 Å². The van der Waals surface area contributed by atoms with E-state index in [4.69, 9.17) is 0 Å². The van der Waals surface area contributed by atoms with Gasteiger partial charge in [-0.1, -0.05) is 30.4 Å². The first kappa shape index (κ1) is 22.2. The van der Waals surface area contributed by atoms with Crippen molar-refractivity contribution in [2.24, 2.45) is 7.05 Å². The standard InChI is InChI=1S/C24H22F2N4O3/c1-14-22(24(33)30(29(14)2)13-16-6-8-18(25)19(26)10-16)23(32)27-9-3-4-15-5-7-17-12-21(31)28-20(17)11-15/h3-8,10-11H,9,12-13H2,1-2H3,(H,27,32)(H,28,31)/b4-3+. The minimum Gasteiger partial charge on any atom is -0.348 e. The minimum atomic E-state index is -0.998. The topological polar surface area (TPSA) is 85.1 Å². The quantitative estimate of drug-likeness (QED) is 0.603. The van der Waals surface area contributed by atoms with Gasteiger partial charge in [-0.3, -0.25) is 19.1 Å². The van der Waals surface area contributed by atoms with Gasteiger partial charge in [0.05, 0.1) is 13.0 Å². The van der Waals surface area contributed by atoms with Crippen LogP contribution in [0.15, 0.2) is 47.3 Å². The Morgan fingerprint density at radius 3 is 2.70 bits per heavy atom. The molecule has 0 saturated heterocycles. The van der Waals surface area contributed by atoms with Gasteiger partial charge in [-0.15, -0.1) is 0 Å². The maximum Gasteiger partial charge on any atom is 0.280 e. The van der Waals surface area contributed by atoms with Crippen LogP contribution in [0.25, 0.3) is 6.08 Å². The molecule has 4 rings (SSSR count). The summed E-state index contributed by atoms with van der Waals surface area (Å²) in [5.41, 5.74) is 2.94. The molecule has 0 aliphatic carbocycles. The van der Waals surface area contributed by atoms with Gasteiger partial charge in [0, 0.05) is 25.0 Å². The lowest BCUT2D eigenvalue weighted by Crippen LogP contribution is -2.31. The molecule has 1 aliphatic heterocycles. The summed E-state index contributed by atoms with van der Waals surface area (Å²) in [6.45, 7) is 1.83. The van der Waals surface area contributed by atoms with E-state index in [2.05, 4.69) is 10.6 Å². The zero-order valence-electron chi connectivity index (χ0n) is 18.1. The van der Waals surface area contributed by atoms with Crippen LogP contribution >= 0.6 is 0 Å². The number of amides is 2. The fraction of sp³-hybridized carbons (Fsp3) is 0.208. The van der Waals surface area contributed by atoms with Crippen molar-refractivity contribution in [3.8, 4) is 0 Å². The smallest absolute Gasteiger partial charge is 0.280 e. The Labute approximate surface area is 188 Å². The number of nitrogens with zero attached hydrogens (tertiary/aromatic N) is 2. The Morgan fingerprint density at radius 2 is 1.94 bits per heavy atom. The molecule has 3 aromatic rings. The van der Waals surface area contributed by atoms with Crippen LogP contribution in [0.2, 0.25) is 0 Å². The molecule has 9 heteroatoms. The maximum absolute atomic E-state index is 13.5. The van der Waals surface area contributed by atoms with Crippen LogP contribution in [-0.4, -0.2) is 27.7 Å². The van der Waals surface area contributed by atoms with Gasteiger partial charge in [-0.25, -0.2) is 13.5 Å². The molecule has 0 radical (unpaired) electrons. The number of nitrogens with one attached hydrogen (secondary N) is 2. The third-order valence-electron chi connectivity index (χ3n) is 5.65. The van der Waals surface area contributed by atoms with Crippen molar-refractivity contribution in [1.29, 1.82) is 0 Å². The summed E-state index contributed by atoms with van der Waals surface area (Å²) >= 11 is 0. The van der Waals surface area contributed by atoms with Crippen LogP contribution in [-0.2, 0) is 24.8 Å². The Bertz CT molecular complexity index is 1350. The van der Waals surface area contributed by atoms with E-state index in [0.29, 0.717) is 17.7 Å². The molecule has 2 N–H and O–H groups in total. The first-order chi connectivity index (χ1) is 15.7. The van der Waals surface area contributed by atoms with Crippen LogP contribution < -0.4 is 16.2 Å². The molecule has 2 heterocycles. The molecule has 2 aromatic carbocycles. The van der Waals surface area contributed by atoms with E-state index in [1.165, 1.54) is 15.4 Å². The first-order valence-corrected chi connectivity index (χ1v) is 10.3. The van der Waals surface area contributed by atoms with Gasteiger partial charge in [-0.2, -0.15) is 0 Å². The summed E-state index contributed by atoms with van der Waals surface area (Å²) in [4.78, 5) is 37.0. The Morgan fingerprint density at radius 1 is 1.15 bits per heavy atom. The fourth-order valence-corrected chi connectivity index (χ4v) is 3.78. The van der Waals surface area contributed by atoms with E-state index >= 15 is 0 Å². The van der Waals surface area contributed by atoms with Crippen molar-refractivity contribution in [2.75, 3.05) is 11.9 Å². The van der Waals surface area contributed by atoms with Crippen LogP contribution in [0.3, 0.4) is 0 Å². The number of anilines is 1. The Balaban J connectivity index is 1.44. The third-order valence-corrected chi connectivity index (χ3v) is 5.65. The molecule has 33 heavy (non-hydrogen) atoms. The van der Waals surface area contributed by atoms with E-state index in [-0.39, 0.29) is 24.6 Å². The number of aromatic nitrogens is 2. The van der Waals surface area contributed by atoms with E-state index in [1.807, 2.05) is 24.3 Å². The lowest BCUT2D eigenvalue weighted by atomic mass is 10.1. The summed E-state index contributed by atoms with van der Waals surface area (Å²) in [5, 5.41) is 5.49.